The van der Waals surface area contributed by atoms with Crippen LogP contribution in [0.25, 0.3) is 5.69 Å². The molecule has 0 aliphatic carbocycles. The van der Waals surface area contributed by atoms with Crippen LogP contribution in [0, 0.1) is 6.92 Å². The van der Waals surface area contributed by atoms with E-state index in [0.29, 0.717) is 12.0 Å². The second-order valence-electron chi connectivity index (χ2n) is 7.00. The van der Waals surface area contributed by atoms with Crippen molar-refractivity contribution in [2.24, 2.45) is 0 Å². The van der Waals surface area contributed by atoms with E-state index in [4.69, 9.17) is 4.74 Å². The van der Waals surface area contributed by atoms with Crippen molar-refractivity contribution in [3.05, 3.63) is 56.9 Å². The highest BCUT2D eigenvalue weighted by atomic mass is 79.9. The molecule has 0 spiro atoms. The molecule has 1 aromatic carbocycles. The Kier molecular flexibility index (Phi) is 6.59. The van der Waals surface area contributed by atoms with Crippen molar-refractivity contribution in [2.75, 3.05) is 6.54 Å². The molecule has 1 N–H and O–H groups in total. The third kappa shape index (κ3) is 5.78. The van der Waals surface area contributed by atoms with Gasteiger partial charge in [-0.1, -0.05) is 15.9 Å². The normalized spacial score (nSPS) is 12.1. The fourth-order valence-corrected chi connectivity index (χ4v) is 2.47. The maximum absolute atomic E-state index is 13.2. The molecule has 1 aromatic heterocycles. The second-order valence-corrected chi connectivity index (χ2v) is 7.85. The molecule has 0 saturated heterocycles. The second kappa shape index (κ2) is 8.51. The summed E-state index contributed by atoms with van der Waals surface area (Å²) in [5.74, 6) is 0. The van der Waals surface area contributed by atoms with Gasteiger partial charge >= 0.3 is 11.8 Å². The lowest BCUT2D eigenvalue weighted by molar-refractivity contribution is 0.0532. The first kappa shape index (κ1) is 20.9. The van der Waals surface area contributed by atoms with Crippen LogP contribution in [0.2, 0.25) is 0 Å². The Labute approximate surface area is 165 Å². The van der Waals surface area contributed by atoms with E-state index in [2.05, 4.69) is 26.3 Å². The number of ether oxygens (including phenoxy) is 1. The molecule has 0 aliphatic rings. The number of rotatable bonds is 5. The van der Waals surface area contributed by atoms with Crippen LogP contribution in [0.5, 0.6) is 0 Å². The number of amides is 1. The van der Waals surface area contributed by atoms with Crippen molar-refractivity contribution in [1.82, 2.24) is 19.7 Å². The average Bonchev–Trinajstić information content (AvgIpc) is 2.93. The molecule has 1 heterocycles. The Morgan fingerprint density at radius 2 is 2.11 bits per heavy atom. The summed E-state index contributed by atoms with van der Waals surface area (Å²) < 4.78 is 21.7. The number of carbonyl (C=O) groups is 1. The van der Waals surface area contributed by atoms with Crippen molar-refractivity contribution in [3.63, 3.8) is 0 Å². The van der Waals surface area contributed by atoms with Gasteiger partial charge in [0.05, 0.1) is 18.6 Å². The maximum Gasteiger partial charge on any atom is 0.407 e. The quantitative estimate of drug-likeness (QED) is 0.771. The number of aromatic nitrogens is 3. The van der Waals surface area contributed by atoms with Gasteiger partial charge in [0.15, 0.2) is 0 Å². The minimum absolute atomic E-state index is 0.0896. The summed E-state index contributed by atoms with van der Waals surface area (Å²) in [4.78, 5) is 24.2. The van der Waals surface area contributed by atoms with E-state index in [1.807, 2.05) is 19.1 Å². The monoisotopic (exact) mass is 440 g/mol. The number of benzene rings is 1. The van der Waals surface area contributed by atoms with Gasteiger partial charge in [-0.15, -0.1) is 0 Å². The van der Waals surface area contributed by atoms with Gasteiger partial charge in [-0.05, 0) is 57.0 Å². The molecule has 0 unspecified atom stereocenters. The minimum atomic E-state index is -0.662. The zero-order valence-electron chi connectivity index (χ0n) is 15.6. The van der Waals surface area contributed by atoms with Crippen molar-refractivity contribution < 1.29 is 13.9 Å². The molecular formula is C18H22BrFN4O3. The van der Waals surface area contributed by atoms with Gasteiger partial charge in [0.2, 0.25) is 0 Å². The van der Waals surface area contributed by atoms with Gasteiger partial charge in [0.25, 0.3) is 0 Å². The van der Waals surface area contributed by atoms with Crippen LogP contribution in [-0.4, -0.2) is 32.6 Å². The van der Waals surface area contributed by atoms with Gasteiger partial charge in [0.1, 0.15) is 11.9 Å². The standard InChI is InChI=1S/C18H22BrFN4O3/c1-12-7-14(5-6-15(12)19)23-11-22-24(17(23)26)10-13(8-20)9-21-16(25)27-18(2,3)4/h5-8,11H,9-10H2,1-4H3,(H,21,25). The van der Waals surface area contributed by atoms with E-state index in [-0.39, 0.29) is 18.7 Å². The van der Waals surface area contributed by atoms with Crippen molar-refractivity contribution >= 4 is 22.0 Å². The van der Waals surface area contributed by atoms with Gasteiger partial charge in [-0.3, -0.25) is 0 Å². The summed E-state index contributed by atoms with van der Waals surface area (Å²) in [6, 6.07) is 5.46. The van der Waals surface area contributed by atoms with Crippen LogP contribution in [0.4, 0.5) is 9.18 Å². The lowest BCUT2D eigenvalue weighted by atomic mass is 10.2. The zero-order chi connectivity index (χ0) is 20.2. The van der Waals surface area contributed by atoms with Gasteiger partial charge in [0, 0.05) is 11.0 Å². The molecule has 27 heavy (non-hydrogen) atoms. The average molecular weight is 441 g/mol. The van der Waals surface area contributed by atoms with E-state index in [0.717, 1.165) is 14.7 Å². The van der Waals surface area contributed by atoms with Crippen molar-refractivity contribution in [3.8, 4) is 5.69 Å². The summed E-state index contributed by atoms with van der Waals surface area (Å²) in [5.41, 5.74) is 0.749. The first-order valence-electron chi connectivity index (χ1n) is 8.26. The molecule has 1 amide bonds. The number of hydrogen-bond donors (Lipinski definition) is 1. The third-order valence-corrected chi connectivity index (χ3v) is 4.41. The largest absolute Gasteiger partial charge is 0.444 e. The number of halogens is 2. The Bertz CT molecular complexity index is 912. The molecule has 2 rings (SSSR count). The van der Waals surface area contributed by atoms with Crippen LogP contribution >= 0.6 is 15.9 Å². The summed E-state index contributed by atoms with van der Waals surface area (Å²) in [6.07, 6.45) is 1.07. The minimum Gasteiger partial charge on any atom is -0.444 e. The van der Waals surface area contributed by atoms with Crippen LogP contribution in [0.3, 0.4) is 0 Å². The Morgan fingerprint density at radius 1 is 1.41 bits per heavy atom. The third-order valence-electron chi connectivity index (χ3n) is 3.52. The molecule has 0 saturated carbocycles. The van der Waals surface area contributed by atoms with Crippen LogP contribution in [0.15, 0.2) is 45.7 Å². The lowest BCUT2D eigenvalue weighted by Gasteiger charge is -2.19. The Hall–Kier alpha value is -2.42. The summed E-state index contributed by atoms with van der Waals surface area (Å²) >= 11 is 3.41. The SMILES string of the molecule is Cc1cc(-n2cnn(CC(=CF)CNC(=O)OC(C)(C)C)c2=O)ccc1Br. The lowest BCUT2D eigenvalue weighted by Crippen LogP contribution is -2.34. The number of hydrogen-bond acceptors (Lipinski definition) is 4. The predicted octanol–water partition coefficient (Wildman–Crippen LogP) is 3.48. The molecule has 0 bridgehead atoms. The molecule has 0 atom stereocenters. The fourth-order valence-electron chi connectivity index (χ4n) is 2.22. The van der Waals surface area contributed by atoms with E-state index in [1.54, 1.807) is 26.8 Å². The van der Waals surface area contributed by atoms with Crippen LogP contribution < -0.4 is 11.0 Å². The molecule has 9 heteroatoms. The molecular weight excluding hydrogens is 419 g/mol. The van der Waals surface area contributed by atoms with E-state index in [9.17, 15) is 14.0 Å². The summed E-state index contributed by atoms with van der Waals surface area (Å²) in [5, 5.41) is 6.48. The van der Waals surface area contributed by atoms with Crippen molar-refractivity contribution in [2.45, 2.75) is 39.8 Å². The van der Waals surface area contributed by atoms with E-state index >= 15 is 0 Å². The maximum atomic E-state index is 13.2. The zero-order valence-corrected chi connectivity index (χ0v) is 17.2. The topological polar surface area (TPSA) is 78.2 Å². The number of nitrogens with zero attached hydrogens (tertiary/aromatic N) is 3. The van der Waals surface area contributed by atoms with E-state index in [1.165, 1.54) is 10.9 Å². The Morgan fingerprint density at radius 3 is 2.70 bits per heavy atom. The summed E-state index contributed by atoms with van der Waals surface area (Å²) in [6.45, 7) is 6.92. The number of nitrogens with one attached hydrogen (secondary N) is 1. The van der Waals surface area contributed by atoms with Crippen LogP contribution in [0.1, 0.15) is 26.3 Å². The number of carbonyl (C=O) groups excluding carboxylic acids is 1. The smallest absolute Gasteiger partial charge is 0.407 e. The number of aryl methyl sites for hydroxylation is 1. The Balaban J connectivity index is 2.08. The first-order chi connectivity index (χ1) is 12.6. The highest BCUT2D eigenvalue weighted by Gasteiger charge is 2.16. The molecule has 2 aromatic rings. The highest BCUT2D eigenvalue weighted by Crippen LogP contribution is 2.18. The van der Waals surface area contributed by atoms with Crippen molar-refractivity contribution in [1.29, 1.82) is 0 Å². The molecule has 0 fully saturated rings. The van der Waals surface area contributed by atoms with Gasteiger partial charge in [-0.25, -0.2) is 23.2 Å². The molecule has 146 valence electrons. The molecule has 7 nitrogen and oxygen atoms in total. The first-order valence-corrected chi connectivity index (χ1v) is 9.06. The van der Waals surface area contributed by atoms with Gasteiger partial charge in [-0.2, -0.15) is 5.10 Å². The van der Waals surface area contributed by atoms with Gasteiger partial charge < -0.3 is 10.1 Å². The predicted molar refractivity (Wildman–Crippen MR) is 104 cm³/mol. The van der Waals surface area contributed by atoms with Crippen LogP contribution in [-0.2, 0) is 11.3 Å². The summed E-state index contributed by atoms with van der Waals surface area (Å²) in [7, 11) is 0. The fraction of sp³-hybridized carbons (Fsp3) is 0.389. The number of alkyl carbamates (subject to hydrolysis) is 1. The van der Waals surface area contributed by atoms with E-state index < -0.39 is 17.4 Å². The molecule has 0 radical (unpaired) electrons. The molecule has 0 aliphatic heterocycles. The highest BCUT2D eigenvalue weighted by molar-refractivity contribution is 9.10.